The number of unbranched alkanes of at least 4 members (excludes halogenated alkanes) is 1. The summed E-state index contributed by atoms with van der Waals surface area (Å²) in [5, 5.41) is 13.7. The maximum absolute atomic E-state index is 12.9. The lowest BCUT2D eigenvalue weighted by Crippen LogP contribution is -2.14. The van der Waals surface area contributed by atoms with Crippen LogP contribution in [0.15, 0.2) is 18.2 Å². The van der Waals surface area contributed by atoms with E-state index in [1.165, 1.54) is 6.42 Å². The predicted octanol–water partition coefficient (Wildman–Crippen LogP) is 5.27. The number of hydrogen-bond acceptors (Lipinski definition) is 5. The van der Waals surface area contributed by atoms with Gasteiger partial charge in [0.25, 0.3) is 5.69 Å². The summed E-state index contributed by atoms with van der Waals surface area (Å²) in [6.07, 6.45) is -0.902. The molecule has 1 aromatic rings. The van der Waals surface area contributed by atoms with Gasteiger partial charge in [0.05, 0.1) is 4.92 Å². The third-order valence-corrected chi connectivity index (χ3v) is 6.70. The Morgan fingerprint density at radius 3 is 2.72 bits per heavy atom. The first-order valence-electron chi connectivity index (χ1n) is 7.71. The van der Waals surface area contributed by atoms with Gasteiger partial charge < -0.3 is 5.32 Å². The summed E-state index contributed by atoms with van der Waals surface area (Å²) in [5.74, 6) is 0.757. The minimum atomic E-state index is -4.86. The van der Waals surface area contributed by atoms with E-state index in [2.05, 4.69) is 5.32 Å². The molecule has 0 bridgehead atoms. The van der Waals surface area contributed by atoms with Gasteiger partial charge in [-0.25, -0.2) is 0 Å². The van der Waals surface area contributed by atoms with Crippen LogP contribution in [0.5, 0.6) is 0 Å². The number of rotatable bonds is 7. The molecule has 10 heteroatoms. The van der Waals surface area contributed by atoms with Gasteiger partial charge in [-0.1, -0.05) is 28.0 Å². The van der Waals surface area contributed by atoms with Gasteiger partial charge in [-0.3, -0.25) is 14.9 Å². The number of hydrogen-bond donors (Lipinski definition) is 1. The van der Waals surface area contributed by atoms with Crippen molar-refractivity contribution >= 4 is 38.9 Å². The van der Waals surface area contributed by atoms with Crippen LogP contribution in [0, 0.1) is 10.1 Å². The first-order chi connectivity index (χ1) is 11.8. The Morgan fingerprint density at radius 2 is 2.12 bits per heavy atom. The number of halogens is 3. The number of nitrogens with zero attached hydrogens (tertiary/aromatic N) is 1. The lowest BCUT2D eigenvalue weighted by atomic mass is 10.1. The van der Waals surface area contributed by atoms with E-state index >= 15 is 0 Å². The number of benzene rings is 1. The molecule has 1 heterocycles. The van der Waals surface area contributed by atoms with E-state index in [1.807, 2.05) is 21.6 Å². The monoisotopic (exact) mass is 394 g/mol. The highest BCUT2D eigenvalue weighted by Crippen LogP contribution is 2.40. The number of carbonyl (C=O) groups is 1. The molecule has 25 heavy (non-hydrogen) atoms. The Balaban J connectivity index is 1.88. The average molecular weight is 394 g/mol. The highest BCUT2D eigenvalue weighted by atomic mass is 33.1. The summed E-state index contributed by atoms with van der Waals surface area (Å²) in [6.45, 7) is 0. The number of nitro groups is 1. The fraction of sp³-hybridized carbons (Fsp3) is 0.533. The van der Waals surface area contributed by atoms with Crippen molar-refractivity contribution in [3.63, 3.8) is 0 Å². The molecule has 1 fully saturated rings. The van der Waals surface area contributed by atoms with E-state index in [0.717, 1.165) is 30.7 Å². The number of nitrogens with one attached hydrogen (secondary N) is 1. The van der Waals surface area contributed by atoms with Gasteiger partial charge in [-0.05, 0) is 31.4 Å². The molecule has 138 valence electrons. The van der Waals surface area contributed by atoms with Crippen molar-refractivity contribution < 1.29 is 22.9 Å². The summed E-state index contributed by atoms with van der Waals surface area (Å²) in [5.41, 5.74) is -2.49. The highest BCUT2D eigenvalue weighted by molar-refractivity contribution is 8.77. The Bertz CT molecular complexity index is 635. The van der Waals surface area contributed by atoms with E-state index < -0.39 is 28.3 Å². The zero-order chi connectivity index (χ0) is 18.4. The zero-order valence-corrected chi connectivity index (χ0v) is 14.8. The topological polar surface area (TPSA) is 72.2 Å². The highest BCUT2D eigenvalue weighted by Gasteiger charge is 2.38. The standard InChI is InChI=1S/C15H17F3N2O3S2/c16-15(17,18)12-9-10(5-6-13(12)20(22)23)19-14(21)4-2-1-3-11-7-8-24-25-11/h5-6,9,11H,1-4,7-8H2,(H,19,21)/t11-/m0/s1. The van der Waals surface area contributed by atoms with Crippen LogP contribution in [-0.4, -0.2) is 21.8 Å². The molecule has 2 rings (SSSR count). The normalized spacial score (nSPS) is 17.5. The van der Waals surface area contributed by atoms with Crippen molar-refractivity contribution in [3.8, 4) is 0 Å². The molecule has 1 amide bonds. The third-order valence-electron chi connectivity index (χ3n) is 3.69. The van der Waals surface area contributed by atoms with Crippen molar-refractivity contribution in [1.29, 1.82) is 0 Å². The van der Waals surface area contributed by atoms with Gasteiger partial charge in [-0.15, -0.1) is 0 Å². The largest absolute Gasteiger partial charge is 0.423 e. The lowest BCUT2D eigenvalue weighted by molar-refractivity contribution is -0.388. The molecule has 1 atom stereocenters. The molecule has 0 aromatic heterocycles. The van der Waals surface area contributed by atoms with Crippen molar-refractivity contribution in [3.05, 3.63) is 33.9 Å². The van der Waals surface area contributed by atoms with Crippen LogP contribution in [0.4, 0.5) is 24.5 Å². The molecule has 1 aliphatic heterocycles. The predicted molar refractivity (Wildman–Crippen MR) is 93.7 cm³/mol. The smallest absolute Gasteiger partial charge is 0.326 e. The number of carbonyl (C=O) groups excluding carboxylic acids is 1. The fourth-order valence-electron chi connectivity index (χ4n) is 2.45. The molecule has 1 aromatic carbocycles. The third kappa shape index (κ3) is 6.10. The molecule has 0 radical (unpaired) electrons. The van der Waals surface area contributed by atoms with Crippen LogP contribution >= 0.6 is 21.6 Å². The van der Waals surface area contributed by atoms with Crippen molar-refractivity contribution in [2.75, 3.05) is 11.1 Å². The zero-order valence-electron chi connectivity index (χ0n) is 13.2. The Morgan fingerprint density at radius 1 is 1.36 bits per heavy atom. The average Bonchev–Trinajstić information content (AvgIpc) is 3.04. The second-order valence-corrected chi connectivity index (χ2v) is 8.40. The summed E-state index contributed by atoms with van der Waals surface area (Å²) in [7, 11) is 3.72. The maximum atomic E-state index is 12.9. The first kappa shape index (κ1) is 19.9. The van der Waals surface area contributed by atoms with Gasteiger partial charge in [0.1, 0.15) is 5.56 Å². The van der Waals surface area contributed by atoms with Crippen LogP contribution in [0.25, 0.3) is 0 Å². The van der Waals surface area contributed by atoms with Crippen molar-refractivity contribution in [1.82, 2.24) is 0 Å². The van der Waals surface area contributed by atoms with Gasteiger partial charge in [-0.2, -0.15) is 13.2 Å². The number of alkyl halides is 3. The van der Waals surface area contributed by atoms with Crippen molar-refractivity contribution in [2.24, 2.45) is 0 Å². The van der Waals surface area contributed by atoms with Gasteiger partial charge in [0.2, 0.25) is 5.91 Å². The van der Waals surface area contributed by atoms with E-state index in [-0.39, 0.29) is 12.1 Å². The summed E-state index contributed by atoms with van der Waals surface area (Å²) < 4.78 is 38.7. The molecule has 5 nitrogen and oxygen atoms in total. The van der Waals surface area contributed by atoms with Crippen LogP contribution < -0.4 is 5.32 Å². The summed E-state index contributed by atoms with van der Waals surface area (Å²) in [6, 6.07) is 2.47. The van der Waals surface area contributed by atoms with Gasteiger partial charge in [0.15, 0.2) is 0 Å². The van der Waals surface area contributed by atoms with Crippen LogP contribution in [0.1, 0.15) is 37.7 Å². The fourth-order valence-corrected chi connectivity index (χ4v) is 5.47. The SMILES string of the molecule is O=C(CCCC[C@H]1CCSS1)Nc1ccc([N+](=O)[O-])c(C(F)(F)F)c1. The molecular formula is C15H17F3N2O3S2. The summed E-state index contributed by atoms with van der Waals surface area (Å²) in [4.78, 5) is 21.5. The molecule has 1 saturated heterocycles. The number of anilines is 1. The molecule has 1 aliphatic rings. The van der Waals surface area contributed by atoms with Crippen LogP contribution in [-0.2, 0) is 11.0 Å². The quantitative estimate of drug-likeness (QED) is 0.295. The van der Waals surface area contributed by atoms with E-state index in [1.54, 1.807) is 0 Å². The van der Waals surface area contributed by atoms with E-state index in [0.29, 0.717) is 17.7 Å². The number of nitro benzene ring substituents is 1. The van der Waals surface area contributed by atoms with Crippen LogP contribution in [0.2, 0.25) is 0 Å². The molecule has 1 N–H and O–H groups in total. The Labute approximate surface area is 150 Å². The van der Waals surface area contributed by atoms with Gasteiger partial charge >= 0.3 is 6.18 Å². The number of amides is 1. The van der Waals surface area contributed by atoms with Crippen LogP contribution in [0.3, 0.4) is 0 Å². The molecular weight excluding hydrogens is 377 g/mol. The minimum absolute atomic E-state index is 0.0920. The molecule has 0 aliphatic carbocycles. The van der Waals surface area contributed by atoms with Gasteiger partial charge in [0, 0.05) is 29.2 Å². The molecule has 0 unspecified atom stereocenters. The molecule has 0 spiro atoms. The molecule has 0 saturated carbocycles. The summed E-state index contributed by atoms with van der Waals surface area (Å²) >= 11 is 0. The maximum Gasteiger partial charge on any atom is 0.423 e. The van der Waals surface area contributed by atoms with Crippen molar-refractivity contribution in [2.45, 2.75) is 43.5 Å². The lowest BCUT2D eigenvalue weighted by Gasteiger charge is -2.11. The Hall–Kier alpha value is -1.42. The van der Waals surface area contributed by atoms with E-state index in [4.69, 9.17) is 0 Å². The first-order valence-corrected chi connectivity index (χ1v) is 10.1. The van der Waals surface area contributed by atoms with E-state index in [9.17, 15) is 28.1 Å². The second-order valence-electron chi connectivity index (χ2n) is 5.61. The Kier molecular flexibility index (Phi) is 7.00. The second kappa shape index (κ2) is 8.79. The minimum Gasteiger partial charge on any atom is -0.326 e.